The molecule has 1 aromatic heterocycles. The third-order valence-corrected chi connectivity index (χ3v) is 6.92. The zero-order valence-electron chi connectivity index (χ0n) is 23.3. The van der Waals surface area contributed by atoms with Crippen molar-refractivity contribution in [3.05, 3.63) is 135 Å². The fraction of sp³-hybridized carbons (Fsp3) is 0.152. The summed E-state index contributed by atoms with van der Waals surface area (Å²) >= 11 is 0. The zero-order chi connectivity index (χ0) is 29.6. The Morgan fingerprint density at radius 1 is 0.857 bits per heavy atom. The molecule has 0 aliphatic heterocycles. The number of methoxy groups -OCH3 is 1. The third-order valence-electron chi connectivity index (χ3n) is 6.92. The lowest BCUT2D eigenvalue weighted by molar-refractivity contribution is -0.116. The molecule has 0 aliphatic carbocycles. The van der Waals surface area contributed by atoms with E-state index in [1.54, 1.807) is 42.5 Å². The highest BCUT2D eigenvalue weighted by molar-refractivity contribution is 5.98. The van der Waals surface area contributed by atoms with E-state index in [0.29, 0.717) is 30.1 Å². The number of nitrogens with one attached hydrogen (secondary N) is 2. The molecule has 2 amide bonds. The molecular formula is C33H30N4O5. The molecule has 42 heavy (non-hydrogen) atoms. The first-order valence-corrected chi connectivity index (χ1v) is 13.5. The Morgan fingerprint density at radius 3 is 2.26 bits per heavy atom. The number of aryl methyl sites for hydroxylation is 1. The Balaban J connectivity index is 1.52. The lowest BCUT2D eigenvalue weighted by Crippen LogP contribution is -2.41. The van der Waals surface area contributed by atoms with Crippen LogP contribution in [0.3, 0.4) is 0 Å². The summed E-state index contributed by atoms with van der Waals surface area (Å²) in [6, 6.07) is 28.0. The maximum absolute atomic E-state index is 13.8. The van der Waals surface area contributed by atoms with E-state index in [2.05, 4.69) is 10.6 Å². The summed E-state index contributed by atoms with van der Waals surface area (Å²) in [5, 5.41) is 5.87. The molecule has 0 radical (unpaired) electrons. The van der Waals surface area contributed by atoms with Gasteiger partial charge in [0.15, 0.2) is 0 Å². The van der Waals surface area contributed by atoms with E-state index in [1.807, 2.05) is 49.4 Å². The molecule has 5 rings (SSSR count). The van der Waals surface area contributed by atoms with Crippen LogP contribution < -0.4 is 26.6 Å². The number of carbonyl (C=O) groups is 2. The van der Waals surface area contributed by atoms with Crippen LogP contribution in [-0.2, 0) is 17.8 Å². The second-order valence-corrected chi connectivity index (χ2v) is 9.84. The highest BCUT2D eigenvalue weighted by Gasteiger charge is 2.19. The van der Waals surface area contributed by atoms with Gasteiger partial charge in [0.05, 0.1) is 23.7 Å². The highest BCUT2D eigenvalue weighted by atomic mass is 16.5. The van der Waals surface area contributed by atoms with Crippen LogP contribution in [0.4, 0.5) is 5.69 Å². The molecule has 9 heteroatoms. The van der Waals surface area contributed by atoms with Gasteiger partial charge in [-0.1, -0.05) is 48.0 Å². The van der Waals surface area contributed by atoms with Crippen LogP contribution in [0, 0.1) is 6.92 Å². The van der Waals surface area contributed by atoms with Crippen LogP contribution in [0.5, 0.6) is 5.75 Å². The number of fused-ring (bicyclic) bond motifs is 1. The summed E-state index contributed by atoms with van der Waals surface area (Å²) in [5.41, 5.74) is 2.20. The van der Waals surface area contributed by atoms with Gasteiger partial charge >= 0.3 is 5.69 Å². The average molecular weight is 563 g/mol. The topological polar surface area (TPSA) is 111 Å². The van der Waals surface area contributed by atoms with E-state index < -0.39 is 17.2 Å². The van der Waals surface area contributed by atoms with E-state index in [4.69, 9.17) is 4.74 Å². The highest BCUT2D eigenvalue weighted by Crippen LogP contribution is 2.17. The summed E-state index contributed by atoms with van der Waals surface area (Å²) in [6.07, 6.45) is 0.649. The van der Waals surface area contributed by atoms with Gasteiger partial charge < -0.3 is 15.4 Å². The number of hydrogen-bond donors (Lipinski definition) is 2. The quantitative estimate of drug-likeness (QED) is 0.281. The van der Waals surface area contributed by atoms with E-state index >= 15 is 0 Å². The van der Waals surface area contributed by atoms with Gasteiger partial charge in [-0.2, -0.15) is 0 Å². The van der Waals surface area contributed by atoms with Crippen LogP contribution in [0.15, 0.2) is 107 Å². The number of carbonyl (C=O) groups excluding carboxylic acids is 2. The van der Waals surface area contributed by atoms with Crippen molar-refractivity contribution in [3.63, 3.8) is 0 Å². The molecule has 0 aliphatic rings. The number of hydrogen-bond acceptors (Lipinski definition) is 5. The van der Waals surface area contributed by atoms with Gasteiger partial charge in [0.2, 0.25) is 5.91 Å². The zero-order valence-corrected chi connectivity index (χ0v) is 23.3. The predicted octanol–water partition coefficient (Wildman–Crippen LogP) is 4.08. The third kappa shape index (κ3) is 6.15. The first kappa shape index (κ1) is 28.1. The second-order valence-electron chi connectivity index (χ2n) is 9.84. The van der Waals surface area contributed by atoms with Crippen molar-refractivity contribution < 1.29 is 14.3 Å². The van der Waals surface area contributed by atoms with Crippen molar-refractivity contribution in [2.75, 3.05) is 19.0 Å². The Morgan fingerprint density at radius 2 is 1.57 bits per heavy atom. The van der Waals surface area contributed by atoms with Gasteiger partial charge in [-0.05, 0) is 73.5 Å². The van der Waals surface area contributed by atoms with Gasteiger partial charge in [-0.15, -0.1) is 0 Å². The Bertz CT molecular complexity index is 1860. The number of nitrogens with zero attached hydrogens (tertiary/aromatic N) is 2. The molecule has 0 saturated heterocycles. The minimum atomic E-state index is -0.710. The van der Waals surface area contributed by atoms with Gasteiger partial charge in [0, 0.05) is 17.8 Å². The van der Waals surface area contributed by atoms with Crippen LogP contribution in [-0.4, -0.2) is 34.6 Å². The van der Waals surface area contributed by atoms with Gasteiger partial charge in [-0.3, -0.25) is 19.0 Å². The standard InChI is InChI=1S/C33H30N4O5/c1-22-8-11-25(12-9-22)35-30(38)21-36-29-20-24(31(39)34-19-18-23-6-4-3-5-7-23)10-17-28(29)32(40)37(33(36)41)26-13-15-27(42-2)16-14-26/h3-17,20H,18-19,21H2,1-2H3,(H,34,39)(H,35,38). The molecule has 4 aromatic carbocycles. The van der Waals surface area contributed by atoms with Gasteiger partial charge in [0.1, 0.15) is 12.3 Å². The monoisotopic (exact) mass is 562 g/mol. The van der Waals surface area contributed by atoms with Gasteiger partial charge in [0.25, 0.3) is 11.5 Å². The largest absolute Gasteiger partial charge is 0.497 e. The number of ether oxygens (including phenoxy) is 1. The minimum Gasteiger partial charge on any atom is -0.497 e. The van der Waals surface area contributed by atoms with E-state index in [0.717, 1.165) is 15.7 Å². The first-order valence-electron chi connectivity index (χ1n) is 13.5. The molecule has 0 saturated carbocycles. The fourth-order valence-electron chi connectivity index (χ4n) is 4.67. The molecule has 1 heterocycles. The normalized spacial score (nSPS) is 10.8. The summed E-state index contributed by atoms with van der Waals surface area (Å²) in [6.45, 7) is 1.97. The van der Waals surface area contributed by atoms with E-state index in [-0.39, 0.29) is 28.9 Å². The fourth-order valence-corrected chi connectivity index (χ4v) is 4.67. The maximum atomic E-state index is 13.8. The number of anilines is 1. The molecule has 212 valence electrons. The number of amides is 2. The van der Waals surface area contributed by atoms with Crippen molar-refractivity contribution in [2.24, 2.45) is 0 Å². The summed E-state index contributed by atoms with van der Waals surface area (Å²) in [5.74, 6) is -0.247. The average Bonchev–Trinajstić information content (AvgIpc) is 3.01. The summed E-state index contributed by atoms with van der Waals surface area (Å²) in [4.78, 5) is 53.6. The van der Waals surface area contributed by atoms with Crippen molar-refractivity contribution in [2.45, 2.75) is 19.9 Å². The maximum Gasteiger partial charge on any atom is 0.336 e. The van der Waals surface area contributed by atoms with Crippen molar-refractivity contribution in [1.82, 2.24) is 14.5 Å². The Kier molecular flexibility index (Phi) is 8.29. The van der Waals surface area contributed by atoms with Crippen LogP contribution in [0.25, 0.3) is 16.6 Å². The smallest absolute Gasteiger partial charge is 0.336 e. The molecule has 9 nitrogen and oxygen atoms in total. The molecule has 0 fully saturated rings. The second kappa shape index (κ2) is 12.4. The lowest BCUT2D eigenvalue weighted by atomic mass is 10.1. The summed E-state index contributed by atoms with van der Waals surface area (Å²) < 4.78 is 7.43. The van der Waals surface area contributed by atoms with Crippen LogP contribution in [0.2, 0.25) is 0 Å². The minimum absolute atomic E-state index is 0.185. The first-order chi connectivity index (χ1) is 20.3. The number of aromatic nitrogens is 2. The SMILES string of the molecule is COc1ccc(-n2c(=O)c3ccc(C(=O)NCCc4ccccc4)cc3n(CC(=O)Nc3ccc(C)cc3)c2=O)cc1. The van der Waals surface area contributed by atoms with Crippen molar-refractivity contribution in [3.8, 4) is 11.4 Å². The molecule has 0 atom stereocenters. The number of benzene rings is 4. The van der Waals surface area contributed by atoms with Crippen molar-refractivity contribution >= 4 is 28.4 Å². The van der Waals surface area contributed by atoms with E-state index in [1.165, 1.54) is 23.8 Å². The molecule has 0 bridgehead atoms. The molecule has 0 spiro atoms. The van der Waals surface area contributed by atoms with Gasteiger partial charge in [-0.25, -0.2) is 9.36 Å². The Labute approximate surface area is 242 Å². The molecule has 5 aromatic rings. The molecule has 2 N–H and O–H groups in total. The van der Waals surface area contributed by atoms with Crippen LogP contribution in [0.1, 0.15) is 21.5 Å². The lowest BCUT2D eigenvalue weighted by Gasteiger charge is -2.15. The van der Waals surface area contributed by atoms with E-state index in [9.17, 15) is 19.2 Å². The number of rotatable bonds is 9. The van der Waals surface area contributed by atoms with Crippen molar-refractivity contribution in [1.29, 1.82) is 0 Å². The molecular weight excluding hydrogens is 532 g/mol. The molecule has 0 unspecified atom stereocenters. The summed E-state index contributed by atoms with van der Waals surface area (Å²) in [7, 11) is 1.52. The predicted molar refractivity (Wildman–Crippen MR) is 163 cm³/mol. The Hall–Kier alpha value is -5.44. The van der Waals surface area contributed by atoms with Crippen LogP contribution >= 0.6 is 0 Å².